The van der Waals surface area contributed by atoms with Gasteiger partial charge in [-0.2, -0.15) is 5.10 Å². The Morgan fingerprint density at radius 1 is 1.00 bits per heavy atom. The number of aromatic nitrogens is 4. The quantitative estimate of drug-likeness (QED) is 0.805. The highest BCUT2D eigenvalue weighted by molar-refractivity contribution is 5.71. The summed E-state index contributed by atoms with van der Waals surface area (Å²) < 4.78 is 0. The molecule has 0 aliphatic rings. The van der Waals surface area contributed by atoms with Gasteiger partial charge >= 0.3 is 0 Å². The fourth-order valence-electron chi connectivity index (χ4n) is 2.35. The number of benzene rings is 1. The fraction of sp³-hybridized carbons (Fsp3) is 0.235. The molecule has 1 aromatic carbocycles. The molecule has 2 heterocycles. The molecule has 1 N–H and O–H groups in total. The van der Waals surface area contributed by atoms with Gasteiger partial charge in [0.15, 0.2) is 0 Å². The van der Waals surface area contributed by atoms with E-state index in [4.69, 9.17) is 4.98 Å². The first-order chi connectivity index (χ1) is 10.6. The molecule has 0 amide bonds. The molecule has 5 nitrogen and oxygen atoms in total. The monoisotopic (exact) mass is 293 g/mol. The minimum Gasteiger partial charge on any atom is -0.347 e. The van der Waals surface area contributed by atoms with Crippen molar-refractivity contribution in [3.8, 4) is 22.5 Å². The van der Waals surface area contributed by atoms with E-state index in [0.717, 1.165) is 39.7 Å². The van der Waals surface area contributed by atoms with Crippen molar-refractivity contribution >= 4 is 5.95 Å². The molecule has 0 aliphatic carbocycles. The van der Waals surface area contributed by atoms with E-state index in [1.165, 1.54) is 0 Å². The minimum atomic E-state index is 0.727. The average molecular weight is 293 g/mol. The summed E-state index contributed by atoms with van der Waals surface area (Å²) in [5, 5.41) is 7.01. The highest BCUT2D eigenvalue weighted by Gasteiger charge is 2.12. The van der Waals surface area contributed by atoms with Crippen molar-refractivity contribution in [1.29, 1.82) is 0 Å². The molecule has 0 saturated heterocycles. The van der Waals surface area contributed by atoms with Gasteiger partial charge in [0.05, 0.1) is 11.4 Å². The number of H-pyrrole nitrogens is 1. The van der Waals surface area contributed by atoms with Gasteiger partial charge in [0.25, 0.3) is 0 Å². The van der Waals surface area contributed by atoms with Crippen LogP contribution in [0.2, 0.25) is 0 Å². The van der Waals surface area contributed by atoms with E-state index in [1.807, 2.05) is 38.1 Å². The van der Waals surface area contributed by atoms with E-state index >= 15 is 0 Å². The van der Waals surface area contributed by atoms with Gasteiger partial charge in [0, 0.05) is 37.1 Å². The molecule has 0 unspecified atom stereocenters. The van der Waals surface area contributed by atoms with Crippen LogP contribution < -0.4 is 4.90 Å². The molecule has 0 aliphatic heterocycles. The van der Waals surface area contributed by atoms with Crippen LogP contribution in [0.4, 0.5) is 5.95 Å². The molecule has 3 aromatic rings. The normalized spacial score (nSPS) is 10.7. The summed E-state index contributed by atoms with van der Waals surface area (Å²) in [6, 6.07) is 10.3. The number of aromatic amines is 1. The smallest absolute Gasteiger partial charge is 0.225 e. The predicted octanol–water partition coefficient (Wildman–Crippen LogP) is 3.22. The van der Waals surface area contributed by atoms with Gasteiger partial charge in [0.2, 0.25) is 5.95 Å². The maximum Gasteiger partial charge on any atom is 0.225 e. The molecule has 0 saturated carbocycles. The summed E-state index contributed by atoms with van der Waals surface area (Å²) >= 11 is 0. The lowest BCUT2D eigenvalue weighted by molar-refractivity contribution is 0.967. The largest absolute Gasteiger partial charge is 0.347 e. The fourth-order valence-corrected chi connectivity index (χ4v) is 2.35. The Bertz CT molecular complexity index is 791. The summed E-state index contributed by atoms with van der Waals surface area (Å²) in [6.45, 7) is 4.08. The summed E-state index contributed by atoms with van der Waals surface area (Å²) in [6.07, 6.45) is 1.76. The topological polar surface area (TPSA) is 57.7 Å². The third-order valence-electron chi connectivity index (χ3n) is 3.73. The molecule has 0 radical (unpaired) electrons. The van der Waals surface area contributed by atoms with E-state index < -0.39 is 0 Å². The zero-order chi connectivity index (χ0) is 15.7. The lowest BCUT2D eigenvalue weighted by Gasteiger charge is -2.15. The Hall–Kier alpha value is -2.69. The molecule has 0 atom stereocenters. The predicted molar refractivity (Wildman–Crippen MR) is 88.9 cm³/mol. The van der Waals surface area contributed by atoms with Gasteiger partial charge in [0.1, 0.15) is 0 Å². The number of rotatable bonds is 3. The Kier molecular flexibility index (Phi) is 3.63. The molecule has 5 heteroatoms. The van der Waals surface area contributed by atoms with Gasteiger partial charge < -0.3 is 4.90 Å². The van der Waals surface area contributed by atoms with E-state index in [1.54, 1.807) is 6.20 Å². The molecule has 3 rings (SSSR count). The van der Waals surface area contributed by atoms with Crippen molar-refractivity contribution in [3.05, 3.63) is 47.8 Å². The maximum absolute atomic E-state index is 4.71. The molecule has 0 bridgehead atoms. The highest BCUT2D eigenvalue weighted by Crippen LogP contribution is 2.28. The maximum atomic E-state index is 4.71. The minimum absolute atomic E-state index is 0.727. The van der Waals surface area contributed by atoms with Crippen LogP contribution in [-0.4, -0.2) is 34.3 Å². The average Bonchev–Trinajstić information content (AvgIpc) is 3.04. The lowest BCUT2D eigenvalue weighted by atomic mass is 10.0. The van der Waals surface area contributed by atoms with Crippen LogP contribution >= 0.6 is 0 Å². The number of hydrogen-bond donors (Lipinski definition) is 1. The van der Waals surface area contributed by atoms with Crippen LogP contribution in [0.5, 0.6) is 0 Å². The standard InChI is InChI=1S/C17H19N5/c1-11-12(2)19-17(22(3)4)20-16(11)14-7-5-6-13(10-14)15-8-9-18-21-15/h5-10H,1-4H3,(H,18,21). The van der Waals surface area contributed by atoms with Crippen LogP contribution in [0, 0.1) is 13.8 Å². The summed E-state index contributed by atoms with van der Waals surface area (Å²) in [7, 11) is 3.91. The first kappa shape index (κ1) is 14.3. The molecule has 22 heavy (non-hydrogen) atoms. The summed E-state index contributed by atoms with van der Waals surface area (Å²) in [5.41, 5.74) is 6.25. The van der Waals surface area contributed by atoms with Gasteiger partial charge in [-0.15, -0.1) is 0 Å². The number of aryl methyl sites for hydroxylation is 1. The molecule has 112 valence electrons. The van der Waals surface area contributed by atoms with Crippen LogP contribution in [0.3, 0.4) is 0 Å². The van der Waals surface area contributed by atoms with Crippen molar-refractivity contribution in [2.75, 3.05) is 19.0 Å². The SMILES string of the molecule is Cc1nc(N(C)C)nc(-c2cccc(-c3ccn[nH]3)c2)c1C. The molecular formula is C17H19N5. The van der Waals surface area contributed by atoms with Crippen LogP contribution in [-0.2, 0) is 0 Å². The Labute approximate surface area is 130 Å². The lowest BCUT2D eigenvalue weighted by Crippen LogP contribution is -2.14. The number of anilines is 1. The third kappa shape index (κ3) is 2.57. The number of hydrogen-bond acceptors (Lipinski definition) is 4. The van der Waals surface area contributed by atoms with Crippen LogP contribution in [0.25, 0.3) is 22.5 Å². The van der Waals surface area contributed by atoms with Crippen molar-refractivity contribution in [1.82, 2.24) is 20.2 Å². The second-order valence-electron chi connectivity index (χ2n) is 5.53. The second kappa shape index (κ2) is 5.60. The van der Waals surface area contributed by atoms with E-state index in [9.17, 15) is 0 Å². The summed E-state index contributed by atoms with van der Waals surface area (Å²) in [4.78, 5) is 11.2. The Morgan fingerprint density at radius 2 is 1.77 bits per heavy atom. The Morgan fingerprint density at radius 3 is 2.45 bits per heavy atom. The van der Waals surface area contributed by atoms with Crippen molar-refractivity contribution in [2.24, 2.45) is 0 Å². The van der Waals surface area contributed by atoms with Crippen molar-refractivity contribution in [2.45, 2.75) is 13.8 Å². The Balaban J connectivity index is 2.13. The van der Waals surface area contributed by atoms with Gasteiger partial charge in [-0.1, -0.05) is 18.2 Å². The zero-order valence-corrected chi connectivity index (χ0v) is 13.3. The number of nitrogens with zero attached hydrogens (tertiary/aromatic N) is 4. The van der Waals surface area contributed by atoms with Gasteiger partial charge in [-0.25, -0.2) is 9.97 Å². The second-order valence-corrected chi connectivity index (χ2v) is 5.53. The van der Waals surface area contributed by atoms with Gasteiger partial charge in [-0.05, 0) is 31.5 Å². The first-order valence-corrected chi connectivity index (χ1v) is 7.19. The molecule has 2 aromatic heterocycles. The van der Waals surface area contributed by atoms with Crippen LogP contribution in [0.1, 0.15) is 11.3 Å². The molecule has 0 fully saturated rings. The van der Waals surface area contributed by atoms with Crippen molar-refractivity contribution in [3.63, 3.8) is 0 Å². The molecular weight excluding hydrogens is 274 g/mol. The summed E-state index contributed by atoms with van der Waals surface area (Å²) in [5.74, 6) is 0.727. The molecule has 0 spiro atoms. The highest BCUT2D eigenvalue weighted by atomic mass is 15.2. The van der Waals surface area contributed by atoms with E-state index in [0.29, 0.717) is 0 Å². The van der Waals surface area contributed by atoms with E-state index in [-0.39, 0.29) is 0 Å². The van der Waals surface area contributed by atoms with Crippen LogP contribution in [0.15, 0.2) is 36.5 Å². The van der Waals surface area contributed by atoms with Gasteiger partial charge in [-0.3, -0.25) is 5.10 Å². The van der Waals surface area contributed by atoms with Crippen molar-refractivity contribution < 1.29 is 0 Å². The number of nitrogens with one attached hydrogen (secondary N) is 1. The first-order valence-electron chi connectivity index (χ1n) is 7.19. The zero-order valence-electron chi connectivity index (χ0n) is 13.3. The third-order valence-corrected chi connectivity index (χ3v) is 3.73. The van der Waals surface area contributed by atoms with E-state index in [2.05, 4.69) is 40.3 Å².